The number of rotatable bonds is 4. The van der Waals surface area contributed by atoms with E-state index in [4.69, 9.17) is 0 Å². The number of benzene rings is 1. The van der Waals surface area contributed by atoms with E-state index in [1.807, 2.05) is 0 Å². The van der Waals surface area contributed by atoms with Crippen LogP contribution in [0.2, 0.25) is 0 Å². The van der Waals surface area contributed by atoms with Crippen molar-refractivity contribution in [3.8, 4) is 0 Å². The highest BCUT2D eigenvalue weighted by Crippen LogP contribution is 2.40. The van der Waals surface area contributed by atoms with E-state index >= 15 is 0 Å². The molecule has 1 aromatic rings. The predicted molar refractivity (Wildman–Crippen MR) is 85.9 cm³/mol. The first-order valence-electron chi connectivity index (χ1n) is 7.88. The van der Waals surface area contributed by atoms with Crippen molar-refractivity contribution in [2.24, 2.45) is 5.92 Å². The quantitative estimate of drug-likeness (QED) is 0.874. The van der Waals surface area contributed by atoms with Crippen molar-refractivity contribution >= 4 is 15.9 Å². The van der Waals surface area contributed by atoms with Crippen LogP contribution in [0.25, 0.3) is 0 Å². The molecule has 2 fully saturated rings. The second-order valence-corrected chi connectivity index (χ2v) is 7.34. The van der Waals surface area contributed by atoms with Crippen molar-refractivity contribution in [1.29, 1.82) is 0 Å². The molecule has 2 saturated carbocycles. The molecule has 1 aromatic carbocycles. The molecule has 2 atom stereocenters. The van der Waals surface area contributed by atoms with Crippen molar-refractivity contribution in [3.05, 3.63) is 34.3 Å². The number of aliphatic hydroxyl groups excluding tert-OH is 1. The molecule has 0 bridgehead atoms. The zero-order valence-electron chi connectivity index (χ0n) is 11.9. The lowest BCUT2D eigenvalue weighted by molar-refractivity contribution is 0.0976. The third-order valence-corrected chi connectivity index (χ3v) is 5.66. The lowest BCUT2D eigenvalue weighted by Crippen LogP contribution is -2.43. The molecule has 2 unspecified atom stereocenters. The van der Waals surface area contributed by atoms with Crippen molar-refractivity contribution in [2.45, 2.75) is 56.6 Å². The van der Waals surface area contributed by atoms with E-state index in [0.717, 1.165) is 19.4 Å². The fourth-order valence-corrected chi connectivity index (χ4v) is 4.23. The van der Waals surface area contributed by atoms with Gasteiger partial charge in [0.15, 0.2) is 0 Å². The fraction of sp³-hybridized carbons (Fsp3) is 0.647. The van der Waals surface area contributed by atoms with E-state index in [9.17, 15) is 5.11 Å². The van der Waals surface area contributed by atoms with Gasteiger partial charge in [0.25, 0.3) is 0 Å². The molecule has 0 aliphatic heterocycles. The Morgan fingerprint density at radius 3 is 2.70 bits per heavy atom. The van der Waals surface area contributed by atoms with Gasteiger partial charge in [0.2, 0.25) is 0 Å². The first-order valence-corrected chi connectivity index (χ1v) is 8.67. The number of hydrogen-bond donors (Lipinski definition) is 2. The Balaban J connectivity index is 1.41. The summed E-state index contributed by atoms with van der Waals surface area (Å²) >= 11 is 3.65. The predicted octanol–water partition coefficient (Wildman–Crippen LogP) is 3.84. The van der Waals surface area contributed by atoms with Gasteiger partial charge in [0, 0.05) is 10.5 Å². The molecule has 20 heavy (non-hydrogen) atoms. The van der Waals surface area contributed by atoms with Gasteiger partial charge in [-0.1, -0.05) is 40.5 Å². The zero-order chi connectivity index (χ0) is 13.9. The van der Waals surface area contributed by atoms with Crippen LogP contribution in [-0.4, -0.2) is 23.8 Å². The molecule has 0 radical (unpaired) electrons. The summed E-state index contributed by atoms with van der Waals surface area (Å²) in [4.78, 5) is 0. The Hall–Kier alpha value is -0.380. The Morgan fingerprint density at radius 1 is 1.15 bits per heavy atom. The summed E-state index contributed by atoms with van der Waals surface area (Å²) in [5, 5.41) is 13.4. The molecule has 110 valence electrons. The molecule has 0 spiro atoms. The smallest absolute Gasteiger partial charge is 0.0543 e. The monoisotopic (exact) mass is 337 g/mol. The topological polar surface area (TPSA) is 32.3 Å². The standard InChI is InChI=1S/C17H24BrNO/c18-17-7-2-1-6-16(17)13-9-14(10-13)19-11-12-4-3-5-15(20)8-12/h1-2,6-7,12-15,19-20H,3-5,8-11H2. The highest BCUT2D eigenvalue weighted by Gasteiger charge is 2.31. The number of aliphatic hydroxyl groups is 1. The van der Waals surface area contributed by atoms with Crippen LogP contribution in [0, 0.1) is 5.92 Å². The van der Waals surface area contributed by atoms with Gasteiger partial charge in [0.1, 0.15) is 0 Å². The SMILES string of the molecule is OC1CCCC(CNC2CC(c3ccccc3Br)C2)C1. The summed E-state index contributed by atoms with van der Waals surface area (Å²) in [6.45, 7) is 1.09. The minimum Gasteiger partial charge on any atom is -0.393 e. The molecule has 2 nitrogen and oxygen atoms in total. The molecule has 2 N–H and O–H groups in total. The van der Waals surface area contributed by atoms with E-state index in [1.54, 1.807) is 0 Å². The maximum absolute atomic E-state index is 9.70. The Bertz CT molecular complexity index is 444. The summed E-state index contributed by atoms with van der Waals surface area (Å²) in [5.74, 6) is 1.39. The van der Waals surface area contributed by atoms with Crippen molar-refractivity contribution < 1.29 is 5.11 Å². The van der Waals surface area contributed by atoms with Crippen LogP contribution in [-0.2, 0) is 0 Å². The summed E-state index contributed by atoms with van der Waals surface area (Å²) in [6, 6.07) is 9.26. The normalized spacial score (nSPS) is 33.7. The van der Waals surface area contributed by atoms with Gasteiger partial charge in [-0.2, -0.15) is 0 Å². The summed E-state index contributed by atoms with van der Waals surface area (Å²) in [6.07, 6.45) is 6.92. The van der Waals surface area contributed by atoms with E-state index in [0.29, 0.717) is 17.9 Å². The summed E-state index contributed by atoms with van der Waals surface area (Å²) < 4.78 is 1.25. The van der Waals surface area contributed by atoms with Crippen LogP contribution in [0.1, 0.15) is 50.0 Å². The van der Waals surface area contributed by atoms with Gasteiger partial charge in [-0.25, -0.2) is 0 Å². The minimum atomic E-state index is -0.0510. The lowest BCUT2D eigenvalue weighted by Gasteiger charge is -2.38. The number of halogens is 1. The van der Waals surface area contributed by atoms with Crippen LogP contribution in [0.4, 0.5) is 0 Å². The van der Waals surface area contributed by atoms with Crippen LogP contribution >= 0.6 is 15.9 Å². The van der Waals surface area contributed by atoms with Gasteiger partial charge in [-0.15, -0.1) is 0 Å². The molecule has 2 aliphatic rings. The molecule has 0 heterocycles. The van der Waals surface area contributed by atoms with Crippen LogP contribution in [0.3, 0.4) is 0 Å². The highest BCUT2D eigenvalue weighted by molar-refractivity contribution is 9.10. The average Bonchev–Trinajstić information content (AvgIpc) is 2.39. The number of hydrogen-bond acceptors (Lipinski definition) is 2. The molecule has 0 saturated heterocycles. The molecular weight excluding hydrogens is 314 g/mol. The van der Waals surface area contributed by atoms with E-state index in [2.05, 4.69) is 45.5 Å². The van der Waals surface area contributed by atoms with Gasteiger partial charge in [-0.05, 0) is 62.1 Å². The van der Waals surface area contributed by atoms with Crippen molar-refractivity contribution in [1.82, 2.24) is 5.32 Å². The maximum atomic E-state index is 9.70. The molecular formula is C17H24BrNO. The van der Waals surface area contributed by atoms with Crippen LogP contribution in [0.5, 0.6) is 0 Å². The third kappa shape index (κ3) is 3.44. The Morgan fingerprint density at radius 2 is 1.95 bits per heavy atom. The van der Waals surface area contributed by atoms with Gasteiger partial charge >= 0.3 is 0 Å². The Kier molecular flexibility index (Phi) is 4.79. The van der Waals surface area contributed by atoms with Crippen molar-refractivity contribution in [3.63, 3.8) is 0 Å². The molecule has 0 aromatic heterocycles. The molecule has 3 rings (SSSR count). The first kappa shape index (κ1) is 14.6. The average molecular weight is 338 g/mol. The molecule has 0 amide bonds. The second-order valence-electron chi connectivity index (χ2n) is 6.48. The van der Waals surface area contributed by atoms with Crippen LogP contribution < -0.4 is 5.32 Å². The number of nitrogens with one attached hydrogen (secondary N) is 1. The largest absolute Gasteiger partial charge is 0.393 e. The maximum Gasteiger partial charge on any atom is 0.0543 e. The van der Waals surface area contributed by atoms with E-state index in [1.165, 1.54) is 35.7 Å². The third-order valence-electron chi connectivity index (χ3n) is 4.93. The molecule has 3 heteroatoms. The summed E-state index contributed by atoms with van der Waals surface area (Å²) in [7, 11) is 0. The lowest BCUT2D eigenvalue weighted by atomic mass is 9.75. The van der Waals surface area contributed by atoms with E-state index in [-0.39, 0.29) is 6.10 Å². The molecule has 2 aliphatic carbocycles. The van der Waals surface area contributed by atoms with Gasteiger partial charge < -0.3 is 10.4 Å². The fourth-order valence-electron chi connectivity index (χ4n) is 3.63. The zero-order valence-corrected chi connectivity index (χ0v) is 13.5. The second kappa shape index (κ2) is 6.59. The van der Waals surface area contributed by atoms with Crippen LogP contribution in [0.15, 0.2) is 28.7 Å². The Labute approximate surface area is 130 Å². The first-order chi connectivity index (χ1) is 9.72. The minimum absolute atomic E-state index is 0.0510. The van der Waals surface area contributed by atoms with Gasteiger partial charge in [-0.3, -0.25) is 0 Å². The van der Waals surface area contributed by atoms with Crippen molar-refractivity contribution in [2.75, 3.05) is 6.54 Å². The van der Waals surface area contributed by atoms with Gasteiger partial charge in [0.05, 0.1) is 6.10 Å². The summed E-state index contributed by atoms with van der Waals surface area (Å²) in [5.41, 5.74) is 1.46. The highest BCUT2D eigenvalue weighted by atomic mass is 79.9. The van der Waals surface area contributed by atoms with E-state index < -0.39 is 0 Å².